The van der Waals surface area contributed by atoms with Crippen LogP contribution in [0.25, 0.3) is 0 Å². The van der Waals surface area contributed by atoms with Crippen LogP contribution in [0.5, 0.6) is 0 Å². The van der Waals surface area contributed by atoms with E-state index in [-0.39, 0.29) is 11.9 Å². The lowest BCUT2D eigenvalue weighted by atomic mass is 10.2. The highest BCUT2D eigenvalue weighted by molar-refractivity contribution is 5.94. The summed E-state index contributed by atoms with van der Waals surface area (Å²) < 4.78 is 0. The molecule has 1 aromatic rings. The van der Waals surface area contributed by atoms with Crippen molar-refractivity contribution in [3.8, 4) is 0 Å². The molecule has 0 aromatic carbocycles. The Balaban J connectivity index is 2.38. The molecule has 0 radical (unpaired) electrons. The van der Waals surface area contributed by atoms with Gasteiger partial charge in [-0.05, 0) is 19.1 Å². The van der Waals surface area contributed by atoms with Crippen molar-refractivity contribution in [2.24, 2.45) is 0 Å². The van der Waals surface area contributed by atoms with E-state index in [1.807, 2.05) is 19.1 Å². The minimum absolute atomic E-state index is 0.0115. The molecule has 1 amide bonds. The molecule has 0 saturated heterocycles. The van der Waals surface area contributed by atoms with Gasteiger partial charge in [-0.25, -0.2) is 4.98 Å². The Morgan fingerprint density at radius 1 is 1.62 bits per heavy atom. The maximum atomic E-state index is 11.3. The Morgan fingerprint density at radius 3 is 3.31 bits per heavy atom. The number of carbonyl (C=O) groups is 1. The van der Waals surface area contributed by atoms with Crippen molar-refractivity contribution >= 4 is 17.4 Å². The third kappa shape index (κ3) is 1.61. The number of pyridine rings is 1. The highest BCUT2D eigenvalue weighted by atomic mass is 16.1. The Bertz CT molecular complexity index is 337. The van der Waals surface area contributed by atoms with Gasteiger partial charge in [0.2, 0.25) is 5.91 Å². The first-order valence-corrected chi connectivity index (χ1v) is 4.27. The predicted molar refractivity (Wildman–Crippen MR) is 50.6 cm³/mol. The molecule has 0 unspecified atom stereocenters. The van der Waals surface area contributed by atoms with Crippen LogP contribution in [-0.4, -0.2) is 16.9 Å². The Hall–Kier alpha value is -1.58. The largest absolute Gasteiger partial charge is 0.379 e. The minimum Gasteiger partial charge on any atom is -0.379 e. The molecule has 0 aliphatic carbocycles. The van der Waals surface area contributed by atoms with Crippen molar-refractivity contribution in [1.29, 1.82) is 0 Å². The lowest BCUT2D eigenvalue weighted by Gasteiger charge is -2.09. The van der Waals surface area contributed by atoms with Crippen LogP contribution in [0, 0.1) is 0 Å². The number of rotatable bonds is 0. The van der Waals surface area contributed by atoms with Gasteiger partial charge in [-0.3, -0.25) is 4.79 Å². The summed E-state index contributed by atoms with van der Waals surface area (Å²) in [5.41, 5.74) is 0.890. The molecule has 4 nitrogen and oxygen atoms in total. The molecule has 0 fully saturated rings. The van der Waals surface area contributed by atoms with Crippen molar-refractivity contribution in [3.63, 3.8) is 0 Å². The Labute approximate surface area is 76.4 Å². The molecule has 1 atom stereocenters. The molecule has 1 aromatic heterocycles. The number of anilines is 2. The summed E-state index contributed by atoms with van der Waals surface area (Å²) >= 11 is 0. The second-order valence-electron chi connectivity index (χ2n) is 3.20. The molecule has 2 rings (SSSR count). The first kappa shape index (κ1) is 8.04. The third-order valence-corrected chi connectivity index (χ3v) is 1.96. The van der Waals surface area contributed by atoms with Crippen LogP contribution < -0.4 is 10.6 Å². The molecule has 0 spiro atoms. The molecule has 1 aliphatic rings. The molecule has 13 heavy (non-hydrogen) atoms. The maximum absolute atomic E-state index is 11.3. The monoisotopic (exact) mass is 177 g/mol. The normalized spacial score (nSPS) is 21.0. The third-order valence-electron chi connectivity index (χ3n) is 1.96. The molecule has 1 aliphatic heterocycles. The average Bonchev–Trinajstić information content (AvgIpc) is 2.20. The van der Waals surface area contributed by atoms with Crippen LogP contribution >= 0.6 is 0 Å². The van der Waals surface area contributed by atoms with Crippen molar-refractivity contribution in [2.45, 2.75) is 19.4 Å². The Morgan fingerprint density at radius 2 is 2.46 bits per heavy atom. The van der Waals surface area contributed by atoms with Crippen molar-refractivity contribution < 1.29 is 4.79 Å². The van der Waals surface area contributed by atoms with E-state index < -0.39 is 0 Å². The molecule has 2 heterocycles. The number of hydrogen-bond acceptors (Lipinski definition) is 3. The standard InChI is InChI=1S/C9H11N3O/c1-6-5-8(13)12-9-7(11-6)3-2-4-10-9/h2-4,6,11H,5H2,1H3,(H,10,12,13)/t6-/m0/s1. The van der Waals surface area contributed by atoms with Gasteiger partial charge in [-0.2, -0.15) is 0 Å². The van der Waals surface area contributed by atoms with E-state index >= 15 is 0 Å². The predicted octanol–water partition coefficient (Wildman–Crippen LogP) is 1.22. The van der Waals surface area contributed by atoms with Crippen molar-refractivity contribution in [1.82, 2.24) is 4.98 Å². The zero-order valence-electron chi connectivity index (χ0n) is 7.37. The molecule has 68 valence electrons. The first-order valence-electron chi connectivity index (χ1n) is 4.27. The average molecular weight is 177 g/mol. The van der Waals surface area contributed by atoms with Gasteiger partial charge in [0.15, 0.2) is 5.82 Å². The number of amides is 1. The maximum Gasteiger partial charge on any atom is 0.227 e. The van der Waals surface area contributed by atoms with E-state index in [2.05, 4.69) is 15.6 Å². The first-order chi connectivity index (χ1) is 6.25. The molecule has 4 heteroatoms. The van der Waals surface area contributed by atoms with Crippen LogP contribution in [0.2, 0.25) is 0 Å². The zero-order chi connectivity index (χ0) is 9.26. The zero-order valence-corrected chi connectivity index (χ0v) is 7.37. The molecule has 0 bridgehead atoms. The van der Waals surface area contributed by atoms with Gasteiger partial charge >= 0.3 is 0 Å². The summed E-state index contributed by atoms with van der Waals surface area (Å²) in [6.07, 6.45) is 2.15. The van der Waals surface area contributed by atoms with E-state index in [0.717, 1.165) is 5.69 Å². The van der Waals surface area contributed by atoms with Gasteiger partial charge in [-0.1, -0.05) is 0 Å². The fourth-order valence-corrected chi connectivity index (χ4v) is 1.40. The number of nitrogens with one attached hydrogen (secondary N) is 2. The summed E-state index contributed by atoms with van der Waals surface area (Å²) in [7, 11) is 0. The minimum atomic E-state index is 0.0115. The van der Waals surface area contributed by atoms with Gasteiger partial charge in [0.25, 0.3) is 0 Å². The number of aromatic nitrogens is 1. The highest BCUT2D eigenvalue weighted by Crippen LogP contribution is 2.22. The molecule has 0 saturated carbocycles. The fraction of sp³-hybridized carbons (Fsp3) is 0.333. The lowest BCUT2D eigenvalue weighted by Crippen LogP contribution is -2.18. The number of fused-ring (bicyclic) bond motifs is 1. The summed E-state index contributed by atoms with van der Waals surface area (Å²) in [4.78, 5) is 15.3. The van der Waals surface area contributed by atoms with Gasteiger partial charge < -0.3 is 10.6 Å². The summed E-state index contributed by atoms with van der Waals surface area (Å²) in [5.74, 6) is 0.634. The Kier molecular flexibility index (Phi) is 1.88. The molecular formula is C9H11N3O. The highest BCUT2D eigenvalue weighted by Gasteiger charge is 2.17. The van der Waals surface area contributed by atoms with E-state index in [0.29, 0.717) is 12.2 Å². The number of nitrogens with zero attached hydrogens (tertiary/aromatic N) is 1. The van der Waals surface area contributed by atoms with Gasteiger partial charge in [0, 0.05) is 18.7 Å². The number of hydrogen-bond donors (Lipinski definition) is 2. The molecule has 2 N–H and O–H groups in total. The van der Waals surface area contributed by atoms with E-state index in [1.54, 1.807) is 6.20 Å². The second kappa shape index (κ2) is 3.05. The van der Waals surface area contributed by atoms with Gasteiger partial charge in [0.1, 0.15) is 0 Å². The lowest BCUT2D eigenvalue weighted by molar-refractivity contribution is -0.116. The van der Waals surface area contributed by atoms with E-state index in [9.17, 15) is 4.79 Å². The van der Waals surface area contributed by atoms with E-state index in [4.69, 9.17) is 0 Å². The van der Waals surface area contributed by atoms with E-state index in [1.165, 1.54) is 0 Å². The summed E-state index contributed by atoms with van der Waals surface area (Å²) in [6.45, 7) is 1.97. The van der Waals surface area contributed by atoms with Crippen LogP contribution in [0.4, 0.5) is 11.5 Å². The van der Waals surface area contributed by atoms with Crippen LogP contribution in [-0.2, 0) is 4.79 Å². The second-order valence-corrected chi connectivity index (χ2v) is 3.20. The fourth-order valence-electron chi connectivity index (χ4n) is 1.40. The summed E-state index contributed by atoms with van der Waals surface area (Å²) in [6, 6.07) is 3.91. The SMILES string of the molecule is C[C@H]1CC(=O)Nc2ncccc2N1. The van der Waals surface area contributed by atoms with Gasteiger partial charge in [0.05, 0.1) is 5.69 Å². The summed E-state index contributed by atoms with van der Waals surface area (Å²) in [5, 5.41) is 5.95. The quantitative estimate of drug-likeness (QED) is 0.626. The van der Waals surface area contributed by atoms with Crippen molar-refractivity contribution in [2.75, 3.05) is 10.6 Å². The topological polar surface area (TPSA) is 54.0 Å². The number of carbonyl (C=O) groups excluding carboxylic acids is 1. The smallest absolute Gasteiger partial charge is 0.227 e. The molecular weight excluding hydrogens is 166 g/mol. The van der Waals surface area contributed by atoms with Crippen LogP contribution in [0.3, 0.4) is 0 Å². The van der Waals surface area contributed by atoms with Crippen LogP contribution in [0.15, 0.2) is 18.3 Å². The van der Waals surface area contributed by atoms with Gasteiger partial charge in [-0.15, -0.1) is 0 Å². The van der Waals surface area contributed by atoms with Crippen molar-refractivity contribution in [3.05, 3.63) is 18.3 Å². The van der Waals surface area contributed by atoms with Crippen LogP contribution in [0.1, 0.15) is 13.3 Å².